The Bertz CT molecular complexity index is 1540. The van der Waals surface area contributed by atoms with E-state index in [4.69, 9.17) is 14.2 Å². The molecule has 0 rings (SSSR count). The average Bonchev–Trinajstić information content (AvgIpc) is 3.39. The molecule has 6 nitrogen and oxygen atoms in total. The molecule has 0 N–H and O–H groups in total. The van der Waals surface area contributed by atoms with E-state index >= 15 is 0 Å². The lowest BCUT2D eigenvalue weighted by atomic mass is 10.1. The van der Waals surface area contributed by atoms with E-state index in [9.17, 15) is 14.4 Å². The molecule has 0 aromatic heterocycles. The van der Waals surface area contributed by atoms with Crippen LogP contribution >= 0.6 is 0 Å². The van der Waals surface area contributed by atoms with Gasteiger partial charge in [0.2, 0.25) is 0 Å². The van der Waals surface area contributed by atoms with Crippen LogP contribution in [0, 0.1) is 0 Å². The molecular weight excluding hydrogens is 901 g/mol. The molecule has 0 saturated heterocycles. The van der Waals surface area contributed by atoms with E-state index in [1.165, 1.54) is 77.0 Å². The second-order valence-corrected chi connectivity index (χ2v) is 19.5. The fourth-order valence-corrected chi connectivity index (χ4v) is 7.90. The van der Waals surface area contributed by atoms with Crippen LogP contribution in [0.5, 0.6) is 0 Å². The second kappa shape index (κ2) is 60.4. The van der Waals surface area contributed by atoms with Gasteiger partial charge in [-0.1, -0.05) is 239 Å². The predicted molar refractivity (Wildman–Crippen MR) is 316 cm³/mol. The van der Waals surface area contributed by atoms with Gasteiger partial charge < -0.3 is 14.2 Å². The third kappa shape index (κ3) is 58.6. The highest BCUT2D eigenvalue weighted by Crippen LogP contribution is 2.14. The van der Waals surface area contributed by atoms with Gasteiger partial charge in [0.15, 0.2) is 6.10 Å². The molecule has 0 spiro atoms. The molecule has 0 heterocycles. The summed E-state index contributed by atoms with van der Waals surface area (Å²) in [4.78, 5) is 38.2. The zero-order valence-corrected chi connectivity index (χ0v) is 47.4. The van der Waals surface area contributed by atoms with E-state index in [1.54, 1.807) is 0 Å². The van der Waals surface area contributed by atoms with Gasteiger partial charge in [-0.05, 0) is 128 Å². The van der Waals surface area contributed by atoms with Crippen molar-refractivity contribution in [1.82, 2.24) is 0 Å². The Kier molecular flexibility index (Phi) is 56.9. The summed E-state index contributed by atoms with van der Waals surface area (Å²) in [7, 11) is 0. The SMILES string of the molecule is CC/C=C\C/C=C\C/C=C\C/C=C\C/C=C\C/C=C\C/C=C\CCCCCC(=O)OCC(COC(=O)CCCCCCC/C=C\C/C=C\CCCC)OC(=O)CCCCCCC/C=C\CCCCCCCCC. The van der Waals surface area contributed by atoms with E-state index in [2.05, 4.69) is 142 Å². The standard InChI is InChI=1S/C67H110O6/c1-4-7-10-13-16-19-22-25-28-30-31-32-33-34-35-36-37-38-40-42-45-48-51-54-57-60-66(69)72-63-64(62-71-65(68)59-56-53-50-47-44-41-27-24-21-18-15-12-9-6-3)73-67(70)61-58-55-52-49-46-43-39-29-26-23-20-17-14-11-8-5-2/h7,10,15-16,18-19,24-25,27-29,31-32,34-35,37-39,42,45,64H,4-6,8-9,11-14,17,20-23,26,30,33,36,40-41,43-44,46-63H2,1-3H3/b10-7-,18-15-,19-16-,27-24-,28-25-,32-31-,35-34-,38-37-,39-29-,45-42-. The number of esters is 3. The van der Waals surface area contributed by atoms with E-state index in [0.29, 0.717) is 19.3 Å². The second-order valence-electron chi connectivity index (χ2n) is 19.5. The van der Waals surface area contributed by atoms with Gasteiger partial charge in [0.1, 0.15) is 13.2 Å². The number of carbonyl (C=O) groups excluding carboxylic acids is 3. The molecule has 0 fully saturated rings. The molecule has 0 bridgehead atoms. The predicted octanol–water partition coefficient (Wildman–Crippen LogP) is 20.4. The molecule has 73 heavy (non-hydrogen) atoms. The van der Waals surface area contributed by atoms with Crippen LogP contribution in [0.1, 0.15) is 265 Å². The maximum atomic E-state index is 12.9. The maximum absolute atomic E-state index is 12.9. The summed E-state index contributed by atoms with van der Waals surface area (Å²) in [6.45, 7) is 6.44. The third-order valence-corrected chi connectivity index (χ3v) is 12.4. The van der Waals surface area contributed by atoms with Gasteiger partial charge in [-0.15, -0.1) is 0 Å². The summed E-state index contributed by atoms with van der Waals surface area (Å²) in [6, 6.07) is 0. The molecule has 0 aliphatic heterocycles. The topological polar surface area (TPSA) is 78.9 Å². The lowest BCUT2D eigenvalue weighted by Gasteiger charge is -2.18. The summed E-state index contributed by atoms with van der Waals surface area (Å²) in [5.41, 5.74) is 0. The molecule has 0 aliphatic rings. The molecular formula is C67H110O6. The Morgan fingerprint density at radius 3 is 0.904 bits per heavy atom. The van der Waals surface area contributed by atoms with Crippen molar-refractivity contribution in [2.45, 2.75) is 271 Å². The summed E-state index contributed by atoms with van der Waals surface area (Å²) < 4.78 is 16.8. The van der Waals surface area contributed by atoms with E-state index < -0.39 is 6.10 Å². The van der Waals surface area contributed by atoms with Crippen LogP contribution in [0.3, 0.4) is 0 Å². The number of hydrogen-bond donors (Lipinski definition) is 0. The Morgan fingerprint density at radius 1 is 0.288 bits per heavy atom. The molecule has 1 atom stereocenters. The van der Waals surface area contributed by atoms with Gasteiger partial charge in [-0.25, -0.2) is 0 Å². The van der Waals surface area contributed by atoms with Crippen molar-refractivity contribution < 1.29 is 28.6 Å². The zero-order chi connectivity index (χ0) is 52.9. The lowest BCUT2D eigenvalue weighted by molar-refractivity contribution is -0.167. The minimum absolute atomic E-state index is 0.102. The van der Waals surface area contributed by atoms with Crippen LogP contribution < -0.4 is 0 Å². The normalized spacial score (nSPS) is 13.0. The first-order chi connectivity index (χ1) is 36.0. The van der Waals surface area contributed by atoms with Crippen molar-refractivity contribution in [3.05, 3.63) is 122 Å². The lowest BCUT2D eigenvalue weighted by Crippen LogP contribution is -2.30. The van der Waals surface area contributed by atoms with Crippen LogP contribution in [0.25, 0.3) is 0 Å². The van der Waals surface area contributed by atoms with Crippen LogP contribution in [-0.4, -0.2) is 37.2 Å². The average molecular weight is 1010 g/mol. The molecule has 0 aromatic carbocycles. The van der Waals surface area contributed by atoms with Gasteiger partial charge in [0, 0.05) is 19.3 Å². The highest BCUT2D eigenvalue weighted by Gasteiger charge is 2.19. The summed E-state index contributed by atoms with van der Waals surface area (Å²) in [5.74, 6) is -0.957. The van der Waals surface area contributed by atoms with E-state index in [1.807, 2.05) is 0 Å². The summed E-state index contributed by atoms with van der Waals surface area (Å²) in [6.07, 6.45) is 83.3. The molecule has 414 valence electrons. The van der Waals surface area contributed by atoms with Crippen molar-refractivity contribution in [2.75, 3.05) is 13.2 Å². The number of hydrogen-bond acceptors (Lipinski definition) is 6. The number of carbonyl (C=O) groups is 3. The van der Waals surface area contributed by atoms with Crippen LogP contribution in [0.2, 0.25) is 0 Å². The van der Waals surface area contributed by atoms with Crippen LogP contribution in [0.15, 0.2) is 122 Å². The fourth-order valence-electron chi connectivity index (χ4n) is 7.90. The van der Waals surface area contributed by atoms with Gasteiger partial charge in [0.25, 0.3) is 0 Å². The maximum Gasteiger partial charge on any atom is 0.306 e. The Labute approximate surface area is 450 Å². The number of allylic oxidation sites excluding steroid dienone is 20. The minimum Gasteiger partial charge on any atom is -0.462 e. The van der Waals surface area contributed by atoms with Gasteiger partial charge in [-0.2, -0.15) is 0 Å². The molecule has 0 amide bonds. The molecule has 0 aliphatic carbocycles. The largest absolute Gasteiger partial charge is 0.462 e. The smallest absolute Gasteiger partial charge is 0.306 e. The van der Waals surface area contributed by atoms with Crippen LogP contribution in [0.4, 0.5) is 0 Å². The fraction of sp³-hybridized carbons (Fsp3) is 0.657. The summed E-state index contributed by atoms with van der Waals surface area (Å²) in [5, 5.41) is 0. The first-order valence-electron chi connectivity index (χ1n) is 30.0. The molecule has 0 radical (unpaired) electrons. The first-order valence-corrected chi connectivity index (χ1v) is 30.0. The number of rotatable bonds is 53. The van der Waals surface area contributed by atoms with E-state index in [-0.39, 0.29) is 31.1 Å². The quantitative estimate of drug-likeness (QED) is 0.0261. The monoisotopic (exact) mass is 1010 g/mol. The van der Waals surface area contributed by atoms with Gasteiger partial charge in [0.05, 0.1) is 0 Å². The highest BCUT2D eigenvalue weighted by atomic mass is 16.6. The van der Waals surface area contributed by atoms with Gasteiger partial charge >= 0.3 is 17.9 Å². The summed E-state index contributed by atoms with van der Waals surface area (Å²) >= 11 is 0. The first kappa shape index (κ1) is 68.8. The Hall–Kier alpha value is -4.19. The highest BCUT2D eigenvalue weighted by molar-refractivity contribution is 5.71. The van der Waals surface area contributed by atoms with E-state index in [0.717, 1.165) is 148 Å². The van der Waals surface area contributed by atoms with Crippen molar-refractivity contribution >= 4 is 17.9 Å². The van der Waals surface area contributed by atoms with Crippen molar-refractivity contribution in [1.29, 1.82) is 0 Å². The van der Waals surface area contributed by atoms with Crippen LogP contribution in [-0.2, 0) is 28.6 Å². The third-order valence-electron chi connectivity index (χ3n) is 12.4. The van der Waals surface area contributed by atoms with Crippen molar-refractivity contribution in [3.63, 3.8) is 0 Å². The number of ether oxygens (including phenoxy) is 3. The van der Waals surface area contributed by atoms with Crippen molar-refractivity contribution in [2.24, 2.45) is 0 Å². The molecule has 1 unspecified atom stereocenters. The number of unbranched alkanes of at least 4 members (excludes halogenated alkanes) is 22. The Morgan fingerprint density at radius 2 is 0.548 bits per heavy atom. The Balaban J connectivity index is 4.46. The minimum atomic E-state index is -0.806. The molecule has 0 saturated carbocycles. The molecule has 0 aromatic rings. The molecule has 6 heteroatoms. The zero-order valence-electron chi connectivity index (χ0n) is 47.4. The van der Waals surface area contributed by atoms with Gasteiger partial charge in [-0.3, -0.25) is 14.4 Å². The van der Waals surface area contributed by atoms with Crippen molar-refractivity contribution in [3.8, 4) is 0 Å².